The first-order valence-electron chi connectivity index (χ1n) is 9.93. The Kier molecular flexibility index (Phi) is 5.55. The van der Waals surface area contributed by atoms with Crippen LogP contribution in [0.1, 0.15) is 37.7 Å². The Balaban J connectivity index is 1.79. The first-order valence-corrected chi connectivity index (χ1v) is 9.93. The molecule has 1 aliphatic rings. The Morgan fingerprint density at radius 1 is 1.26 bits per heavy atom. The molecule has 0 spiro atoms. The first-order chi connectivity index (χ1) is 14.9. The van der Waals surface area contributed by atoms with E-state index in [1.807, 2.05) is 6.07 Å². The van der Waals surface area contributed by atoms with Crippen molar-refractivity contribution in [3.05, 3.63) is 47.4 Å². The summed E-state index contributed by atoms with van der Waals surface area (Å²) < 4.78 is 42.6. The number of carbonyl (C=O) groups is 1. The van der Waals surface area contributed by atoms with E-state index in [0.29, 0.717) is 0 Å². The van der Waals surface area contributed by atoms with E-state index in [0.717, 1.165) is 43.9 Å². The number of carboxylic acids is 1. The fourth-order valence-corrected chi connectivity index (χ4v) is 4.29. The SMILES string of the molecule is N#Cc1cc(F)c(N[C@H](CC(=O)O)C2CCCC2)nc1-c1c[nH]c2c(F)cc(F)cc12. The summed E-state index contributed by atoms with van der Waals surface area (Å²) in [5.41, 5.74) is 0.215. The molecule has 4 rings (SSSR count). The number of nitrogens with one attached hydrogen (secondary N) is 2. The quantitative estimate of drug-likeness (QED) is 0.515. The van der Waals surface area contributed by atoms with Gasteiger partial charge < -0.3 is 15.4 Å². The number of H-pyrrole nitrogens is 1. The number of aromatic amines is 1. The van der Waals surface area contributed by atoms with Crippen molar-refractivity contribution in [2.45, 2.75) is 38.1 Å². The largest absolute Gasteiger partial charge is 0.481 e. The van der Waals surface area contributed by atoms with Crippen LogP contribution in [0.4, 0.5) is 19.0 Å². The minimum absolute atomic E-state index is 0.0376. The molecule has 1 saturated carbocycles. The number of anilines is 1. The van der Waals surface area contributed by atoms with Crippen molar-refractivity contribution in [3.63, 3.8) is 0 Å². The minimum Gasteiger partial charge on any atom is -0.481 e. The summed E-state index contributed by atoms with van der Waals surface area (Å²) in [5.74, 6) is -3.55. The van der Waals surface area contributed by atoms with Crippen molar-refractivity contribution in [2.24, 2.45) is 5.92 Å². The van der Waals surface area contributed by atoms with E-state index in [4.69, 9.17) is 0 Å². The molecule has 160 valence electrons. The second-order valence-corrected chi connectivity index (χ2v) is 7.73. The van der Waals surface area contributed by atoms with Gasteiger partial charge >= 0.3 is 5.97 Å². The highest BCUT2D eigenvalue weighted by Crippen LogP contribution is 2.35. The van der Waals surface area contributed by atoms with Crippen molar-refractivity contribution in [3.8, 4) is 17.3 Å². The smallest absolute Gasteiger partial charge is 0.305 e. The molecular weight excluding hydrogens is 409 g/mol. The normalized spacial score (nSPS) is 15.2. The van der Waals surface area contributed by atoms with Crippen molar-refractivity contribution in [2.75, 3.05) is 5.32 Å². The predicted molar refractivity (Wildman–Crippen MR) is 108 cm³/mol. The van der Waals surface area contributed by atoms with Crippen LogP contribution in [-0.4, -0.2) is 27.1 Å². The number of aliphatic carboxylic acids is 1. The van der Waals surface area contributed by atoms with Crippen LogP contribution in [-0.2, 0) is 4.79 Å². The first kappa shape index (κ1) is 20.7. The Morgan fingerprint density at radius 2 is 2.00 bits per heavy atom. The molecule has 9 heteroatoms. The number of nitriles is 1. The van der Waals surface area contributed by atoms with Crippen molar-refractivity contribution >= 4 is 22.7 Å². The van der Waals surface area contributed by atoms with Crippen LogP contribution in [0.2, 0.25) is 0 Å². The summed E-state index contributed by atoms with van der Waals surface area (Å²) in [6, 6.07) is 4.16. The molecule has 3 aromatic rings. The Morgan fingerprint density at radius 3 is 2.68 bits per heavy atom. The molecule has 0 aliphatic heterocycles. The van der Waals surface area contributed by atoms with Crippen molar-refractivity contribution in [1.82, 2.24) is 9.97 Å². The fourth-order valence-electron chi connectivity index (χ4n) is 4.29. The van der Waals surface area contributed by atoms with E-state index in [1.165, 1.54) is 6.20 Å². The monoisotopic (exact) mass is 428 g/mol. The molecule has 0 radical (unpaired) electrons. The lowest BCUT2D eigenvalue weighted by molar-refractivity contribution is -0.137. The maximum Gasteiger partial charge on any atom is 0.305 e. The molecule has 1 fully saturated rings. The van der Waals surface area contributed by atoms with Gasteiger partial charge in [0.05, 0.1) is 23.2 Å². The second kappa shape index (κ2) is 8.30. The van der Waals surface area contributed by atoms with Crippen LogP contribution < -0.4 is 5.32 Å². The van der Waals surface area contributed by atoms with Crippen LogP contribution in [0, 0.1) is 34.7 Å². The van der Waals surface area contributed by atoms with Gasteiger partial charge in [0.2, 0.25) is 0 Å². The number of rotatable bonds is 6. The number of halogens is 3. The molecule has 6 nitrogen and oxygen atoms in total. The minimum atomic E-state index is -1.01. The predicted octanol–water partition coefficient (Wildman–Crippen LogP) is 4.96. The number of aromatic nitrogens is 2. The number of fused-ring (bicyclic) bond motifs is 1. The zero-order valence-corrected chi connectivity index (χ0v) is 16.4. The lowest BCUT2D eigenvalue weighted by Crippen LogP contribution is -2.31. The third kappa shape index (κ3) is 4.06. The fraction of sp³-hybridized carbons (Fsp3) is 0.318. The third-order valence-electron chi connectivity index (χ3n) is 5.74. The number of nitrogens with zero attached hydrogens (tertiary/aromatic N) is 2. The van der Waals surface area contributed by atoms with E-state index in [-0.39, 0.29) is 45.9 Å². The topological polar surface area (TPSA) is 102 Å². The highest BCUT2D eigenvalue weighted by molar-refractivity contribution is 5.96. The van der Waals surface area contributed by atoms with E-state index in [2.05, 4.69) is 15.3 Å². The molecule has 2 heterocycles. The molecule has 31 heavy (non-hydrogen) atoms. The second-order valence-electron chi connectivity index (χ2n) is 7.73. The van der Waals surface area contributed by atoms with Gasteiger partial charge in [-0.3, -0.25) is 4.79 Å². The van der Waals surface area contributed by atoms with E-state index >= 15 is 0 Å². The average molecular weight is 428 g/mol. The zero-order chi connectivity index (χ0) is 22.1. The summed E-state index contributed by atoms with van der Waals surface area (Å²) in [4.78, 5) is 18.3. The Bertz CT molecular complexity index is 1200. The van der Waals surface area contributed by atoms with Gasteiger partial charge in [0.15, 0.2) is 11.6 Å². The van der Waals surface area contributed by atoms with Crippen molar-refractivity contribution < 1.29 is 23.1 Å². The molecule has 0 bridgehead atoms. The summed E-state index contributed by atoms with van der Waals surface area (Å²) >= 11 is 0. The van der Waals surface area contributed by atoms with Crippen molar-refractivity contribution in [1.29, 1.82) is 5.26 Å². The van der Waals surface area contributed by atoms with Gasteiger partial charge in [0.1, 0.15) is 17.7 Å². The lowest BCUT2D eigenvalue weighted by Gasteiger charge is -2.24. The highest BCUT2D eigenvalue weighted by Gasteiger charge is 2.28. The lowest BCUT2D eigenvalue weighted by atomic mass is 9.95. The number of hydrogen-bond donors (Lipinski definition) is 3. The summed E-state index contributed by atoms with van der Waals surface area (Å²) in [6.45, 7) is 0. The highest BCUT2D eigenvalue weighted by atomic mass is 19.1. The van der Waals surface area contributed by atoms with E-state index in [9.17, 15) is 28.3 Å². The molecule has 1 aliphatic carbocycles. The molecule has 1 aromatic carbocycles. The van der Waals surface area contributed by atoms with Gasteiger partial charge in [-0.05, 0) is 30.9 Å². The number of benzene rings is 1. The van der Waals surface area contributed by atoms with Crippen LogP contribution >= 0.6 is 0 Å². The molecule has 3 N–H and O–H groups in total. The molecule has 0 unspecified atom stereocenters. The van der Waals surface area contributed by atoms with Crippen LogP contribution in [0.5, 0.6) is 0 Å². The van der Waals surface area contributed by atoms with Crippen LogP contribution in [0.25, 0.3) is 22.2 Å². The van der Waals surface area contributed by atoms with Gasteiger partial charge in [0, 0.05) is 29.3 Å². The molecule has 2 aromatic heterocycles. The number of pyridine rings is 1. The average Bonchev–Trinajstić information content (AvgIpc) is 3.38. The van der Waals surface area contributed by atoms with Gasteiger partial charge in [-0.15, -0.1) is 0 Å². The maximum absolute atomic E-state index is 14.7. The van der Waals surface area contributed by atoms with Gasteiger partial charge in [-0.2, -0.15) is 5.26 Å². The summed E-state index contributed by atoms with van der Waals surface area (Å²) in [6.07, 6.45) is 4.79. The van der Waals surface area contributed by atoms with Crippen LogP contribution in [0.3, 0.4) is 0 Å². The number of carboxylic acid groups (broad SMARTS) is 1. The Labute approximate surface area is 175 Å². The zero-order valence-electron chi connectivity index (χ0n) is 16.4. The maximum atomic E-state index is 14.7. The third-order valence-corrected chi connectivity index (χ3v) is 5.74. The standard InChI is InChI=1S/C22H19F3N4O2/c23-13-6-14-15(10-27-21(14)16(24)7-13)20-12(9-26)5-17(25)22(29-20)28-18(8-19(30)31)11-3-1-2-4-11/h5-7,10-11,18,27H,1-4,8H2,(H,28,29)(H,30,31)/t18-/m1/s1. The molecule has 0 saturated heterocycles. The van der Waals surface area contributed by atoms with Gasteiger partial charge in [-0.25, -0.2) is 18.2 Å². The Hall–Kier alpha value is -3.54. The van der Waals surface area contributed by atoms with Gasteiger partial charge in [0.25, 0.3) is 0 Å². The van der Waals surface area contributed by atoms with E-state index < -0.39 is 29.5 Å². The summed E-state index contributed by atoms with van der Waals surface area (Å²) in [7, 11) is 0. The van der Waals surface area contributed by atoms with Crippen LogP contribution in [0.15, 0.2) is 24.4 Å². The molecule has 0 amide bonds. The number of hydrogen-bond acceptors (Lipinski definition) is 4. The van der Waals surface area contributed by atoms with Gasteiger partial charge in [-0.1, -0.05) is 12.8 Å². The molecule has 1 atom stereocenters. The molecular formula is C22H19F3N4O2. The summed E-state index contributed by atoms with van der Waals surface area (Å²) in [5, 5.41) is 21.8. The van der Waals surface area contributed by atoms with E-state index in [1.54, 1.807) is 0 Å².